The van der Waals surface area contributed by atoms with E-state index in [1.54, 1.807) is 6.08 Å². The number of nitrogens with one attached hydrogen (secondary N) is 1. The summed E-state index contributed by atoms with van der Waals surface area (Å²) in [6.45, 7) is 8.65. The molecule has 0 atom stereocenters. The monoisotopic (exact) mass is 410 g/mol. The van der Waals surface area contributed by atoms with Crippen LogP contribution in [0.5, 0.6) is 5.75 Å². The Morgan fingerprint density at radius 3 is 2.16 bits per heavy atom. The van der Waals surface area contributed by atoms with E-state index in [1.807, 2.05) is 62.4 Å². The molecule has 0 aromatic heterocycles. The smallest absolute Gasteiger partial charge is 0.266 e. The van der Waals surface area contributed by atoms with Crippen LogP contribution in [-0.2, 0) is 11.4 Å². The Labute approximate surface area is 183 Å². The fourth-order valence-corrected chi connectivity index (χ4v) is 3.05. The molecule has 0 aliphatic heterocycles. The first kappa shape index (κ1) is 21.9. The normalized spacial score (nSPS) is 11.0. The molecule has 0 aliphatic carbocycles. The highest BCUT2D eigenvalue weighted by molar-refractivity contribution is 6.09. The van der Waals surface area contributed by atoms with E-state index in [0.717, 1.165) is 28.0 Å². The predicted octanol–water partition coefficient (Wildman–Crippen LogP) is 6.04. The third-order valence-corrected chi connectivity index (χ3v) is 5.30. The topological polar surface area (TPSA) is 62.1 Å². The fourth-order valence-electron chi connectivity index (χ4n) is 3.05. The minimum Gasteiger partial charge on any atom is -0.489 e. The molecule has 3 aromatic rings. The van der Waals surface area contributed by atoms with Crippen LogP contribution >= 0.6 is 0 Å². The van der Waals surface area contributed by atoms with Crippen LogP contribution in [-0.4, -0.2) is 5.91 Å². The van der Waals surface area contributed by atoms with Crippen molar-refractivity contribution in [3.63, 3.8) is 0 Å². The Hall–Kier alpha value is -3.84. The molecule has 156 valence electrons. The number of anilines is 1. The number of carbonyl (C=O) groups excluding carboxylic acids is 1. The number of carbonyl (C=O) groups is 1. The SMILES string of the molecule is Cc1ccc(COc2ccc(/C=C(\C#N)C(=O)Nc3ccc(C)c(C)c3)cc2)cc1C. The Morgan fingerprint density at radius 1 is 0.903 bits per heavy atom. The molecule has 0 saturated carbocycles. The van der Waals surface area contributed by atoms with Crippen molar-refractivity contribution < 1.29 is 9.53 Å². The van der Waals surface area contributed by atoms with Crippen LogP contribution in [0, 0.1) is 39.0 Å². The summed E-state index contributed by atoms with van der Waals surface area (Å²) in [5.41, 5.74) is 7.31. The summed E-state index contributed by atoms with van der Waals surface area (Å²) in [5.74, 6) is 0.300. The zero-order valence-electron chi connectivity index (χ0n) is 18.3. The minimum atomic E-state index is -0.430. The first-order chi connectivity index (χ1) is 14.9. The summed E-state index contributed by atoms with van der Waals surface area (Å²) in [5, 5.41) is 12.2. The van der Waals surface area contributed by atoms with Crippen LogP contribution in [0.2, 0.25) is 0 Å². The molecular formula is C27H26N2O2. The van der Waals surface area contributed by atoms with Crippen molar-refractivity contribution in [1.82, 2.24) is 0 Å². The maximum Gasteiger partial charge on any atom is 0.266 e. The zero-order valence-corrected chi connectivity index (χ0v) is 18.3. The summed E-state index contributed by atoms with van der Waals surface area (Å²) < 4.78 is 5.86. The summed E-state index contributed by atoms with van der Waals surface area (Å²) in [6, 6.07) is 21.3. The van der Waals surface area contributed by atoms with Gasteiger partial charge in [0.15, 0.2) is 0 Å². The highest BCUT2D eigenvalue weighted by atomic mass is 16.5. The number of aryl methyl sites for hydroxylation is 4. The molecule has 0 heterocycles. The number of nitriles is 1. The molecule has 4 nitrogen and oxygen atoms in total. The van der Waals surface area contributed by atoms with Gasteiger partial charge in [0.2, 0.25) is 0 Å². The van der Waals surface area contributed by atoms with Crippen LogP contribution in [0.4, 0.5) is 5.69 Å². The van der Waals surface area contributed by atoms with Gasteiger partial charge in [0.25, 0.3) is 5.91 Å². The van der Waals surface area contributed by atoms with E-state index in [4.69, 9.17) is 4.74 Å². The van der Waals surface area contributed by atoms with Crippen LogP contribution in [0.1, 0.15) is 33.4 Å². The van der Waals surface area contributed by atoms with Crippen molar-refractivity contribution in [3.05, 3.63) is 99.6 Å². The molecule has 0 bridgehead atoms. The van der Waals surface area contributed by atoms with Gasteiger partial charge in [-0.25, -0.2) is 0 Å². The van der Waals surface area contributed by atoms with Gasteiger partial charge in [0.05, 0.1) is 0 Å². The molecule has 4 heteroatoms. The highest BCUT2D eigenvalue weighted by Gasteiger charge is 2.10. The van der Waals surface area contributed by atoms with Gasteiger partial charge in [0.1, 0.15) is 24.0 Å². The summed E-state index contributed by atoms with van der Waals surface area (Å²) in [4.78, 5) is 12.5. The number of amides is 1. The quantitative estimate of drug-likeness (QED) is 0.398. The summed E-state index contributed by atoms with van der Waals surface area (Å²) >= 11 is 0. The number of benzene rings is 3. The van der Waals surface area contributed by atoms with Crippen molar-refractivity contribution in [2.24, 2.45) is 0 Å². The minimum absolute atomic E-state index is 0.0435. The largest absolute Gasteiger partial charge is 0.489 e. The maximum atomic E-state index is 12.5. The van der Waals surface area contributed by atoms with E-state index in [0.29, 0.717) is 12.3 Å². The molecule has 0 saturated heterocycles. The maximum absolute atomic E-state index is 12.5. The van der Waals surface area contributed by atoms with Crippen molar-refractivity contribution >= 4 is 17.7 Å². The first-order valence-electron chi connectivity index (χ1n) is 10.1. The molecule has 0 radical (unpaired) electrons. The number of nitrogens with zero attached hydrogens (tertiary/aromatic N) is 1. The molecule has 3 rings (SSSR count). The van der Waals surface area contributed by atoms with E-state index in [1.165, 1.54) is 11.1 Å². The van der Waals surface area contributed by atoms with Gasteiger partial charge < -0.3 is 10.1 Å². The first-order valence-corrected chi connectivity index (χ1v) is 10.1. The Balaban J connectivity index is 1.65. The van der Waals surface area contributed by atoms with Crippen LogP contribution in [0.25, 0.3) is 6.08 Å². The van der Waals surface area contributed by atoms with Gasteiger partial charge in [-0.3, -0.25) is 4.79 Å². The Morgan fingerprint density at radius 2 is 1.55 bits per heavy atom. The van der Waals surface area contributed by atoms with Crippen molar-refractivity contribution in [2.45, 2.75) is 34.3 Å². The molecule has 31 heavy (non-hydrogen) atoms. The number of hydrogen-bond acceptors (Lipinski definition) is 3. The third-order valence-electron chi connectivity index (χ3n) is 5.30. The lowest BCUT2D eigenvalue weighted by molar-refractivity contribution is -0.112. The average molecular weight is 411 g/mol. The van der Waals surface area contributed by atoms with Gasteiger partial charge in [-0.2, -0.15) is 5.26 Å². The van der Waals surface area contributed by atoms with E-state index in [9.17, 15) is 10.1 Å². The molecule has 3 aromatic carbocycles. The highest BCUT2D eigenvalue weighted by Crippen LogP contribution is 2.19. The van der Waals surface area contributed by atoms with E-state index >= 15 is 0 Å². The van der Waals surface area contributed by atoms with Crippen molar-refractivity contribution in [1.29, 1.82) is 5.26 Å². The second-order valence-corrected chi connectivity index (χ2v) is 7.70. The lowest BCUT2D eigenvalue weighted by atomic mass is 10.1. The van der Waals surface area contributed by atoms with Crippen molar-refractivity contribution in [2.75, 3.05) is 5.32 Å². The molecule has 0 spiro atoms. The van der Waals surface area contributed by atoms with Gasteiger partial charge in [-0.15, -0.1) is 0 Å². The number of ether oxygens (including phenoxy) is 1. The standard InChI is InChI=1S/C27H26N2O2/c1-18-5-7-23(13-20(18)3)17-31-26-11-8-22(9-12-26)15-24(16-28)27(30)29-25-10-6-19(2)21(4)14-25/h5-15H,17H2,1-4H3,(H,29,30)/b24-15+. The number of hydrogen-bond donors (Lipinski definition) is 1. The van der Waals surface area contributed by atoms with E-state index in [2.05, 4.69) is 37.4 Å². The van der Waals surface area contributed by atoms with Gasteiger partial charge in [-0.1, -0.05) is 36.4 Å². The van der Waals surface area contributed by atoms with Crippen LogP contribution in [0.3, 0.4) is 0 Å². The fraction of sp³-hybridized carbons (Fsp3) is 0.185. The molecule has 0 unspecified atom stereocenters. The second-order valence-electron chi connectivity index (χ2n) is 7.70. The molecular weight excluding hydrogens is 384 g/mol. The van der Waals surface area contributed by atoms with Gasteiger partial charge in [0, 0.05) is 5.69 Å². The molecule has 0 aliphatic rings. The summed E-state index contributed by atoms with van der Waals surface area (Å²) in [6.07, 6.45) is 1.57. The second kappa shape index (κ2) is 9.77. The Kier molecular flexibility index (Phi) is 6.89. The molecule has 1 N–H and O–H groups in total. The van der Waals surface area contributed by atoms with Gasteiger partial charge >= 0.3 is 0 Å². The van der Waals surface area contributed by atoms with Crippen LogP contribution < -0.4 is 10.1 Å². The Bertz CT molecular complexity index is 1170. The molecule has 0 fully saturated rings. The third kappa shape index (κ3) is 5.83. The lowest BCUT2D eigenvalue weighted by Gasteiger charge is -2.09. The zero-order chi connectivity index (χ0) is 22.4. The summed E-state index contributed by atoms with van der Waals surface area (Å²) in [7, 11) is 0. The van der Waals surface area contributed by atoms with E-state index < -0.39 is 5.91 Å². The lowest BCUT2D eigenvalue weighted by Crippen LogP contribution is -2.13. The molecule has 1 amide bonds. The van der Waals surface area contributed by atoms with E-state index in [-0.39, 0.29) is 5.57 Å². The van der Waals surface area contributed by atoms with Crippen LogP contribution in [0.15, 0.2) is 66.2 Å². The van der Waals surface area contributed by atoms with Gasteiger partial charge in [-0.05, 0) is 91.4 Å². The van der Waals surface area contributed by atoms with Crippen molar-refractivity contribution in [3.8, 4) is 11.8 Å². The average Bonchev–Trinajstić information content (AvgIpc) is 2.76. The predicted molar refractivity (Wildman–Crippen MR) is 125 cm³/mol. The number of rotatable bonds is 6.